The average molecular weight is 276 g/mol. The minimum Gasteiger partial charge on any atom is -0.395 e. The van der Waals surface area contributed by atoms with Crippen molar-refractivity contribution in [1.82, 2.24) is 14.9 Å². The van der Waals surface area contributed by atoms with Crippen LogP contribution in [0.2, 0.25) is 0 Å². The molecule has 110 valence electrons. The molecule has 2 aliphatic rings. The van der Waals surface area contributed by atoms with E-state index in [1.54, 1.807) is 0 Å². The summed E-state index contributed by atoms with van der Waals surface area (Å²) < 4.78 is 0. The minimum atomic E-state index is 0.230. The molecule has 2 atom stereocenters. The maximum Gasteiger partial charge on any atom is 0.133 e. The molecule has 1 saturated carbocycles. The van der Waals surface area contributed by atoms with Gasteiger partial charge in [0.25, 0.3) is 0 Å². The van der Waals surface area contributed by atoms with E-state index in [0.717, 1.165) is 31.3 Å². The van der Waals surface area contributed by atoms with Gasteiger partial charge in [0.05, 0.1) is 6.61 Å². The predicted molar refractivity (Wildman–Crippen MR) is 78.9 cm³/mol. The number of hydrogen-bond acceptors (Lipinski definition) is 5. The monoisotopic (exact) mass is 276 g/mol. The topological polar surface area (TPSA) is 52.5 Å². The quantitative estimate of drug-likeness (QED) is 0.897. The van der Waals surface area contributed by atoms with E-state index >= 15 is 0 Å². The Morgan fingerprint density at radius 2 is 1.95 bits per heavy atom. The van der Waals surface area contributed by atoms with Crippen LogP contribution in [0, 0.1) is 0 Å². The van der Waals surface area contributed by atoms with Crippen LogP contribution in [0.25, 0.3) is 0 Å². The van der Waals surface area contributed by atoms with Crippen LogP contribution in [0.1, 0.15) is 38.4 Å². The maximum absolute atomic E-state index is 9.17. The molecule has 1 N–H and O–H groups in total. The number of piperazine rings is 1. The molecule has 0 aromatic carbocycles. The fourth-order valence-corrected chi connectivity index (χ4v) is 3.18. The number of hydrogen-bond donors (Lipinski definition) is 1. The SMILES string of the molecule is C[C@@H]1CN(c2ccnc(C3CC3)n2)C[C@H](C)N1CCO. The molecule has 1 aromatic rings. The molecular formula is C15H24N4O. The number of aliphatic hydroxyl groups is 1. The van der Waals surface area contributed by atoms with Crippen LogP contribution in [0.4, 0.5) is 5.82 Å². The van der Waals surface area contributed by atoms with Crippen molar-refractivity contribution in [3.8, 4) is 0 Å². The second-order valence-corrected chi connectivity index (χ2v) is 6.11. The van der Waals surface area contributed by atoms with Crippen molar-refractivity contribution >= 4 is 5.82 Å². The lowest BCUT2D eigenvalue weighted by Crippen LogP contribution is -2.57. The molecule has 0 bridgehead atoms. The van der Waals surface area contributed by atoms with E-state index < -0.39 is 0 Å². The van der Waals surface area contributed by atoms with Crippen LogP contribution >= 0.6 is 0 Å². The van der Waals surface area contributed by atoms with Gasteiger partial charge in [-0.2, -0.15) is 0 Å². The normalized spacial score (nSPS) is 27.9. The number of β-amino-alcohol motifs (C(OH)–C–C–N with tert-alkyl or cyclic N) is 1. The number of nitrogens with zero attached hydrogens (tertiary/aromatic N) is 4. The van der Waals surface area contributed by atoms with Gasteiger partial charge < -0.3 is 10.0 Å². The van der Waals surface area contributed by atoms with Gasteiger partial charge in [-0.25, -0.2) is 9.97 Å². The molecule has 0 spiro atoms. The summed E-state index contributed by atoms with van der Waals surface area (Å²) in [6, 6.07) is 2.89. The second-order valence-electron chi connectivity index (χ2n) is 6.11. The summed E-state index contributed by atoms with van der Waals surface area (Å²) in [7, 11) is 0. The third-order valence-corrected chi connectivity index (χ3v) is 4.39. The van der Waals surface area contributed by atoms with Gasteiger partial charge in [0.15, 0.2) is 0 Å². The molecule has 1 aliphatic heterocycles. The largest absolute Gasteiger partial charge is 0.395 e. The minimum absolute atomic E-state index is 0.230. The Bertz CT molecular complexity index is 451. The van der Waals surface area contributed by atoms with Gasteiger partial charge in [-0.3, -0.25) is 4.90 Å². The van der Waals surface area contributed by atoms with E-state index in [2.05, 4.69) is 28.6 Å². The number of rotatable bonds is 4. The Hall–Kier alpha value is -1.20. The molecule has 0 unspecified atom stereocenters. The molecule has 5 heteroatoms. The van der Waals surface area contributed by atoms with Crippen molar-refractivity contribution < 1.29 is 5.11 Å². The molecule has 2 fully saturated rings. The van der Waals surface area contributed by atoms with Crippen molar-refractivity contribution in [3.05, 3.63) is 18.1 Å². The fraction of sp³-hybridized carbons (Fsp3) is 0.733. The van der Waals surface area contributed by atoms with Crippen LogP contribution in [0.15, 0.2) is 12.3 Å². The highest BCUT2D eigenvalue weighted by molar-refractivity contribution is 5.39. The standard InChI is InChI=1S/C15H24N4O/c1-11-9-18(10-12(2)19(11)7-8-20)14-5-6-16-15(17-14)13-3-4-13/h5-6,11-13,20H,3-4,7-10H2,1-2H3/t11-,12+. The molecule has 5 nitrogen and oxygen atoms in total. The zero-order valence-electron chi connectivity index (χ0n) is 12.4. The van der Waals surface area contributed by atoms with Crippen LogP contribution < -0.4 is 4.90 Å². The smallest absolute Gasteiger partial charge is 0.133 e. The summed E-state index contributed by atoms with van der Waals surface area (Å²) >= 11 is 0. The van der Waals surface area contributed by atoms with Crippen LogP contribution in [0.5, 0.6) is 0 Å². The number of aromatic nitrogens is 2. The summed E-state index contributed by atoms with van der Waals surface area (Å²) in [6.45, 7) is 7.36. The van der Waals surface area contributed by atoms with Gasteiger partial charge in [0.1, 0.15) is 11.6 Å². The summed E-state index contributed by atoms with van der Waals surface area (Å²) in [4.78, 5) is 13.9. The summed E-state index contributed by atoms with van der Waals surface area (Å²) in [6.07, 6.45) is 4.37. The first kappa shape index (κ1) is 13.8. The van der Waals surface area contributed by atoms with Crippen molar-refractivity contribution in [2.24, 2.45) is 0 Å². The highest BCUT2D eigenvalue weighted by atomic mass is 16.3. The van der Waals surface area contributed by atoms with E-state index in [9.17, 15) is 0 Å². The zero-order valence-corrected chi connectivity index (χ0v) is 12.4. The fourth-order valence-electron chi connectivity index (χ4n) is 3.18. The van der Waals surface area contributed by atoms with Crippen molar-refractivity contribution in [1.29, 1.82) is 0 Å². The van der Waals surface area contributed by atoms with Gasteiger partial charge in [-0.1, -0.05) is 0 Å². The van der Waals surface area contributed by atoms with Gasteiger partial charge in [0.2, 0.25) is 0 Å². The van der Waals surface area contributed by atoms with Crippen LogP contribution in [-0.4, -0.2) is 58.3 Å². The molecule has 1 aromatic heterocycles. The van der Waals surface area contributed by atoms with Crippen molar-refractivity contribution in [2.75, 3.05) is 31.1 Å². The summed E-state index contributed by atoms with van der Waals surface area (Å²) in [5, 5.41) is 9.17. The first-order chi connectivity index (χ1) is 9.69. The van der Waals surface area contributed by atoms with E-state index in [4.69, 9.17) is 10.1 Å². The molecule has 0 amide bonds. The van der Waals surface area contributed by atoms with E-state index in [1.807, 2.05) is 12.3 Å². The zero-order chi connectivity index (χ0) is 14.1. The Morgan fingerprint density at radius 1 is 1.25 bits per heavy atom. The van der Waals surface area contributed by atoms with E-state index in [0.29, 0.717) is 18.0 Å². The van der Waals surface area contributed by atoms with Gasteiger partial charge >= 0.3 is 0 Å². The summed E-state index contributed by atoms with van der Waals surface area (Å²) in [5.74, 6) is 2.67. The third-order valence-electron chi connectivity index (χ3n) is 4.39. The van der Waals surface area contributed by atoms with E-state index in [1.165, 1.54) is 12.8 Å². The Labute approximate surface area is 120 Å². The van der Waals surface area contributed by atoms with Gasteiger partial charge in [0, 0.05) is 43.8 Å². The molecule has 20 heavy (non-hydrogen) atoms. The highest BCUT2D eigenvalue weighted by Crippen LogP contribution is 2.38. The number of aliphatic hydroxyl groups excluding tert-OH is 1. The molecule has 1 aliphatic carbocycles. The second kappa shape index (κ2) is 5.66. The first-order valence-corrected chi connectivity index (χ1v) is 7.63. The lowest BCUT2D eigenvalue weighted by Gasteiger charge is -2.44. The Balaban J connectivity index is 1.73. The third kappa shape index (κ3) is 2.79. The van der Waals surface area contributed by atoms with Crippen molar-refractivity contribution in [3.63, 3.8) is 0 Å². The summed E-state index contributed by atoms with van der Waals surface area (Å²) in [5.41, 5.74) is 0. The molecule has 2 heterocycles. The van der Waals surface area contributed by atoms with Crippen molar-refractivity contribution in [2.45, 2.75) is 44.7 Å². The van der Waals surface area contributed by atoms with E-state index in [-0.39, 0.29) is 6.61 Å². The molecule has 1 saturated heterocycles. The van der Waals surface area contributed by atoms with Gasteiger partial charge in [-0.15, -0.1) is 0 Å². The van der Waals surface area contributed by atoms with Crippen LogP contribution in [0.3, 0.4) is 0 Å². The molecular weight excluding hydrogens is 252 g/mol. The lowest BCUT2D eigenvalue weighted by molar-refractivity contribution is 0.102. The average Bonchev–Trinajstić information content (AvgIpc) is 3.27. The predicted octanol–water partition coefficient (Wildman–Crippen LogP) is 1.25. The number of anilines is 1. The first-order valence-electron chi connectivity index (χ1n) is 7.63. The molecule has 3 rings (SSSR count). The Morgan fingerprint density at radius 3 is 2.55 bits per heavy atom. The lowest BCUT2D eigenvalue weighted by atomic mass is 10.1. The molecule has 0 radical (unpaired) electrons. The van der Waals surface area contributed by atoms with Gasteiger partial charge in [-0.05, 0) is 32.8 Å². The Kier molecular flexibility index (Phi) is 3.89. The van der Waals surface area contributed by atoms with Crippen LogP contribution in [-0.2, 0) is 0 Å². The maximum atomic E-state index is 9.17. The highest BCUT2D eigenvalue weighted by Gasteiger charge is 2.31.